The third-order valence-electron chi connectivity index (χ3n) is 7.73. The van der Waals surface area contributed by atoms with Gasteiger partial charge in [0.1, 0.15) is 5.75 Å². The fourth-order valence-corrected chi connectivity index (χ4v) is 6.64. The minimum Gasteiger partial charge on any atom is -0.497 e. The molecule has 0 saturated heterocycles. The van der Waals surface area contributed by atoms with Gasteiger partial charge in [-0.1, -0.05) is 26.0 Å². The molecule has 0 radical (unpaired) electrons. The Morgan fingerprint density at radius 3 is 2.32 bits per heavy atom. The minimum atomic E-state index is 0.186. The molecule has 1 amide bonds. The number of nitrogens with zero attached hydrogens (tertiary/aromatic N) is 1. The van der Waals surface area contributed by atoms with Crippen molar-refractivity contribution in [3.05, 3.63) is 29.8 Å². The van der Waals surface area contributed by atoms with Gasteiger partial charge in [-0.05, 0) is 86.6 Å². The highest BCUT2D eigenvalue weighted by molar-refractivity contribution is 5.79. The van der Waals surface area contributed by atoms with E-state index in [4.69, 9.17) is 4.74 Å². The first-order valence-corrected chi connectivity index (χ1v) is 11.3. The van der Waals surface area contributed by atoms with E-state index in [9.17, 15) is 4.79 Å². The van der Waals surface area contributed by atoms with Gasteiger partial charge in [-0.15, -0.1) is 0 Å². The van der Waals surface area contributed by atoms with Gasteiger partial charge in [-0.25, -0.2) is 0 Å². The van der Waals surface area contributed by atoms with Crippen molar-refractivity contribution in [3.8, 4) is 5.75 Å². The summed E-state index contributed by atoms with van der Waals surface area (Å²) in [6, 6.07) is 8.48. The van der Waals surface area contributed by atoms with Crippen molar-refractivity contribution in [1.29, 1.82) is 0 Å². The minimum absolute atomic E-state index is 0.186. The molecule has 1 aromatic carbocycles. The van der Waals surface area contributed by atoms with Crippen LogP contribution in [0.4, 0.5) is 0 Å². The van der Waals surface area contributed by atoms with Crippen molar-refractivity contribution < 1.29 is 9.53 Å². The Bertz CT molecular complexity index is 657. The molecule has 4 aliphatic rings. The highest BCUT2D eigenvalue weighted by Crippen LogP contribution is 2.56. The number of hydrogen-bond acceptors (Lipinski definition) is 3. The van der Waals surface area contributed by atoms with Crippen LogP contribution in [0.2, 0.25) is 0 Å². The molecule has 4 heteroatoms. The van der Waals surface area contributed by atoms with E-state index in [1.165, 1.54) is 37.7 Å². The number of nitrogens with one attached hydrogen (secondary N) is 1. The lowest BCUT2D eigenvalue weighted by atomic mass is 9.51. The average molecular weight is 385 g/mol. The molecule has 4 saturated carbocycles. The average Bonchev–Trinajstić information content (AvgIpc) is 2.70. The van der Waals surface area contributed by atoms with E-state index in [0.717, 1.165) is 30.7 Å². The number of carbonyl (C=O) groups is 1. The quantitative estimate of drug-likeness (QED) is 0.728. The molecule has 0 aliphatic heterocycles. The first-order chi connectivity index (χ1) is 13.6. The van der Waals surface area contributed by atoms with Crippen molar-refractivity contribution in [2.24, 2.45) is 29.6 Å². The van der Waals surface area contributed by atoms with Crippen LogP contribution in [-0.2, 0) is 4.79 Å². The van der Waals surface area contributed by atoms with E-state index >= 15 is 0 Å². The van der Waals surface area contributed by atoms with Gasteiger partial charge in [0.15, 0.2) is 0 Å². The lowest BCUT2D eigenvalue weighted by Crippen LogP contribution is -2.51. The summed E-state index contributed by atoms with van der Waals surface area (Å²) in [5, 5.41) is 3.37. The van der Waals surface area contributed by atoms with Crippen molar-refractivity contribution in [2.45, 2.75) is 52.0 Å². The second-order valence-corrected chi connectivity index (χ2v) is 9.22. The Labute approximate surface area is 170 Å². The zero-order valence-corrected chi connectivity index (χ0v) is 17.7. The topological polar surface area (TPSA) is 41.6 Å². The maximum absolute atomic E-state index is 13.2. The summed E-state index contributed by atoms with van der Waals surface area (Å²) >= 11 is 0. The van der Waals surface area contributed by atoms with Gasteiger partial charge in [0.25, 0.3) is 0 Å². The molecule has 1 N–H and O–H groups in total. The van der Waals surface area contributed by atoms with Crippen LogP contribution >= 0.6 is 0 Å². The maximum atomic E-state index is 13.2. The largest absolute Gasteiger partial charge is 0.497 e. The van der Waals surface area contributed by atoms with E-state index in [0.29, 0.717) is 24.3 Å². The Kier molecular flexibility index (Phi) is 5.96. The van der Waals surface area contributed by atoms with Crippen molar-refractivity contribution in [1.82, 2.24) is 10.2 Å². The van der Waals surface area contributed by atoms with Crippen LogP contribution in [0.5, 0.6) is 5.75 Å². The molecule has 4 fully saturated rings. The molecule has 4 nitrogen and oxygen atoms in total. The Balaban J connectivity index is 1.46. The molecule has 154 valence electrons. The smallest absolute Gasteiger partial charge is 0.223 e. The van der Waals surface area contributed by atoms with Gasteiger partial charge < -0.3 is 10.1 Å². The number of ether oxygens (including phenoxy) is 1. The maximum Gasteiger partial charge on any atom is 0.223 e. The standard InChI is InChI=1S/C24H36N2O2/c1-4-26(5-2)22(18-7-6-8-21(14-18)28-3)15-25-24(27)23-19-10-16-9-17(12-19)13-20(23)11-16/h6-8,14,16-17,19-20,22-23H,4-5,9-13,15H2,1-3H3,(H,25,27). The zero-order chi connectivity index (χ0) is 19.7. The molecule has 4 bridgehead atoms. The molecule has 1 aromatic rings. The molecular formula is C24H36N2O2. The normalized spacial score (nSPS) is 31.8. The first-order valence-electron chi connectivity index (χ1n) is 11.3. The summed E-state index contributed by atoms with van der Waals surface area (Å²) in [6.07, 6.45) is 6.60. The number of amides is 1. The Morgan fingerprint density at radius 2 is 1.75 bits per heavy atom. The van der Waals surface area contributed by atoms with E-state index < -0.39 is 0 Å². The van der Waals surface area contributed by atoms with Crippen LogP contribution in [0.3, 0.4) is 0 Å². The van der Waals surface area contributed by atoms with Gasteiger partial charge in [0, 0.05) is 12.5 Å². The number of rotatable bonds is 8. The molecule has 4 aliphatic carbocycles. The fourth-order valence-electron chi connectivity index (χ4n) is 6.64. The summed E-state index contributed by atoms with van der Waals surface area (Å²) in [5.74, 6) is 4.55. The third kappa shape index (κ3) is 3.80. The number of benzene rings is 1. The second kappa shape index (κ2) is 8.44. The van der Waals surface area contributed by atoms with E-state index in [2.05, 4.69) is 36.2 Å². The summed E-state index contributed by atoms with van der Waals surface area (Å²) in [5.41, 5.74) is 1.22. The van der Waals surface area contributed by atoms with Crippen molar-refractivity contribution in [2.75, 3.05) is 26.7 Å². The highest BCUT2D eigenvalue weighted by atomic mass is 16.5. The molecular weight excluding hydrogens is 348 g/mol. The molecule has 0 spiro atoms. The van der Waals surface area contributed by atoms with Gasteiger partial charge in [-0.3, -0.25) is 9.69 Å². The second-order valence-electron chi connectivity index (χ2n) is 9.22. The molecule has 1 unspecified atom stereocenters. The van der Waals surface area contributed by atoms with E-state index in [1.54, 1.807) is 7.11 Å². The molecule has 1 atom stereocenters. The molecule has 0 aromatic heterocycles. The highest BCUT2D eigenvalue weighted by Gasteiger charge is 2.50. The van der Waals surface area contributed by atoms with Gasteiger partial charge in [0.05, 0.1) is 13.2 Å². The summed E-state index contributed by atoms with van der Waals surface area (Å²) in [7, 11) is 1.71. The van der Waals surface area contributed by atoms with Gasteiger partial charge in [0.2, 0.25) is 5.91 Å². The predicted octanol–water partition coefficient (Wildman–Crippen LogP) is 4.27. The number of carbonyl (C=O) groups excluding carboxylic acids is 1. The van der Waals surface area contributed by atoms with Crippen molar-refractivity contribution >= 4 is 5.91 Å². The lowest BCUT2D eigenvalue weighted by molar-refractivity contribution is -0.138. The third-order valence-corrected chi connectivity index (χ3v) is 7.73. The summed E-state index contributed by atoms with van der Waals surface area (Å²) < 4.78 is 5.43. The molecule has 28 heavy (non-hydrogen) atoms. The molecule has 0 heterocycles. The van der Waals surface area contributed by atoms with Crippen LogP contribution in [-0.4, -0.2) is 37.6 Å². The van der Waals surface area contributed by atoms with Crippen LogP contribution in [0.25, 0.3) is 0 Å². The SMILES string of the molecule is CCN(CC)C(CNC(=O)C1C2CC3CC(C2)CC1C3)c1cccc(OC)c1. The van der Waals surface area contributed by atoms with Gasteiger partial charge >= 0.3 is 0 Å². The van der Waals surface area contributed by atoms with Crippen LogP contribution in [0.15, 0.2) is 24.3 Å². The number of methoxy groups -OCH3 is 1. The first kappa shape index (κ1) is 19.8. The van der Waals surface area contributed by atoms with Crippen LogP contribution in [0, 0.1) is 29.6 Å². The van der Waals surface area contributed by atoms with E-state index in [1.807, 2.05) is 12.1 Å². The van der Waals surface area contributed by atoms with Crippen LogP contribution < -0.4 is 10.1 Å². The molecule has 5 rings (SSSR count). The van der Waals surface area contributed by atoms with E-state index in [-0.39, 0.29) is 12.0 Å². The van der Waals surface area contributed by atoms with Gasteiger partial charge in [-0.2, -0.15) is 0 Å². The number of likely N-dealkylation sites (N-methyl/N-ethyl adjacent to an activating group) is 1. The fraction of sp³-hybridized carbons (Fsp3) is 0.708. The lowest BCUT2D eigenvalue weighted by Gasteiger charge is -2.53. The summed E-state index contributed by atoms with van der Waals surface area (Å²) in [4.78, 5) is 15.7. The summed E-state index contributed by atoms with van der Waals surface area (Å²) in [6.45, 7) is 6.99. The van der Waals surface area contributed by atoms with Crippen LogP contribution in [0.1, 0.15) is 57.6 Å². The Hall–Kier alpha value is -1.55. The zero-order valence-electron chi connectivity index (χ0n) is 17.7. The Morgan fingerprint density at radius 1 is 1.11 bits per heavy atom. The predicted molar refractivity (Wildman–Crippen MR) is 112 cm³/mol. The van der Waals surface area contributed by atoms with Crippen molar-refractivity contribution in [3.63, 3.8) is 0 Å². The monoisotopic (exact) mass is 384 g/mol. The number of hydrogen-bond donors (Lipinski definition) is 1.